The second kappa shape index (κ2) is 16.2. The van der Waals surface area contributed by atoms with Crippen LogP contribution in [0.3, 0.4) is 0 Å². The Labute approximate surface area is 334 Å². The van der Waals surface area contributed by atoms with Gasteiger partial charge in [-0.3, -0.25) is 24.1 Å². The highest BCUT2D eigenvalue weighted by Gasteiger charge is 2.55. The van der Waals surface area contributed by atoms with Crippen molar-refractivity contribution in [1.82, 2.24) is 19.8 Å². The van der Waals surface area contributed by atoms with Crippen molar-refractivity contribution in [2.45, 2.75) is 56.8 Å². The van der Waals surface area contributed by atoms with Crippen LogP contribution in [0.15, 0.2) is 33.5 Å². The van der Waals surface area contributed by atoms with Crippen LogP contribution in [0.1, 0.15) is 37.4 Å². The molecule has 3 unspecified atom stereocenters. The molecule has 5 heterocycles. The number of nitrogen functional groups attached to an aromatic ring is 1. The lowest BCUT2D eigenvalue weighted by molar-refractivity contribution is -0.925. The lowest BCUT2D eigenvalue weighted by Crippen LogP contribution is -2.71. The normalized spacial score (nSPS) is 19.5. The van der Waals surface area contributed by atoms with Crippen molar-refractivity contribution in [3.63, 3.8) is 0 Å². The number of carboxylic acids is 2. The number of quaternary nitrogens is 1. The van der Waals surface area contributed by atoms with Gasteiger partial charge in [0.2, 0.25) is 6.10 Å². The maximum atomic E-state index is 15.1. The molecule has 0 bridgehead atoms. The van der Waals surface area contributed by atoms with Crippen LogP contribution < -0.4 is 16.5 Å². The number of pyridine rings is 1. The van der Waals surface area contributed by atoms with Crippen LogP contribution in [0.25, 0.3) is 10.9 Å². The zero-order valence-corrected chi connectivity index (χ0v) is 32.6. The number of anilines is 1. The first-order valence-electron chi connectivity index (χ1n) is 17.3. The molecule has 0 aliphatic carbocycles. The number of likely N-dealkylation sites (tertiary alicyclic amines) is 1. The highest BCUT2D eigenvalue weighted by Crippen LogP contribution is 2.42. The first-order valence-corrected chi connectivity index (χ1v) is 19.5. The van der Waals surface area contributed by atoms with Crippen LogP contribution in [0.5, 0.6) is 11.5 Å². The summed E-state index contributed by atoms with van der Waals surface area (Å²) in [7, 11) is 1.16. The molecule has 3 aliphatic heterocycles. The Morgan fingerprint density at radius 3 is 2.49 bits per heavy atom. The summed E-state index contributed by atoms with van der Waals surface area (Å²) in [4.78, 5) is 87.4. The highest BCUT2D eigenvalue weighted by molar-refractivity contribution is 8.00. The number of carboxylic acid groups (broad SMARTS) is 2. The third-order valence-corrected chi connectivity index (χ3v) is 12.3. The van der Waals surface area contributed by atoms with Gasteiger partial charge in [0.15, 0.2) is 33.6 Å². The van der Waals surface area contributed by atoms with Gasteiger partial charge in [0, 0.05) is 36.9 Å². The van der Waals surface area contributed by atoms with Gasteiger partial charge in [-0.2, -0.15) is 0 Å². The first kappa shape index (κ1) is 41.2. The number of ether oxygens (including phenoxy) is 1. The number of phenolic OH excluding ortho intramolecular Hbond substituents is 2. The number of carbonyl (C=O) groups excluding carboxylic acids is 3. The van der Waals surface area contributed by atoms with E-state index in [4.69, 9.17) is 32.0 Å². The van der Waals surface area contributed by atoms with E-state index in [0.717, 1.165) is 37.4 Å². The number of β-lactam (4-membered cyclic amide) rings is 1. The number of nitrogens with zero attached hydrogens (tertiary/aromatic N) is 5. The third-order valence-electron chi connectivity index (χ3n) is 9.88. The van der Waals surface area contributed by atoms with Crippen LogP contribution in [-0.4, -0.2) is 125 Å². The fraction of sp³-hybridized carbons (Fsp3) is 0.412. The zero-order chi connectivity index (χ0) is 41.5. The van der Waals surface area contributed by atoms with Crippen molar-refractivity contribution in [3.8, 4) is 11.5 Å². The number of oxime groups is 1. The van der Waals surface area contributed by atoms with Crippen molar-refractivity contribution in [1.29, 1.82) is 0 Å². The molecule has 2 amide bonds. The number of nitrogens with one attached hydrogen (secondary N) is 1. The van der Waals surface area contributed by atoms with Gasteiger partial charge in [-0.15, -0.1) is 11.8 Å². The van der Waals surface area contributed by atoms with Gasteiger partial charge in [0.1, 0.15) is 40.2 Å². The Morgan fingerprint density at radius 2 is 1.89 bits per heavy atom. The predicted molar refractivity (Wildman–Crippen MR) is 202 cm³/mol. The molecule has 3 aromatic rings. The molecule has 7 N–H and O–H groups in total. The summed E-state index contributed by atoms with van der Waals surface area (Å²) in [5.41, 5.74) is 4.90. The molecule has 3 atom stereocenters. The molecule has 0 saturated carbocycles. The topological polar surface area (TPSA) is 273 Å². The Balaban J connectivity index is 1.29. The Bertz CT molecular complexity index is 2330. The summed E-state index contributed by atoms with van der Waals surface area (Å²) in [5.74, 6) is -8.45. The molecule has 57 heavy (non-hydrogen) atoms. The minimum atomic E-state index is -2.00. The van der Waals surface area contributed by atoms with Crippen LogP contribution in [0.4, 0.5) is 9.52 Å². The van der Waals surface area contributed by atoms with Crippen molar-refractivity contribution in [2.75, 3.05) is 38.2 Å². The number of hydrogen-bond acceptors (Lipinski definition) is 15. The lowest BCUT2D eigenvalue weighted by Gasteiger charge is -2.50. The maximum Gasteiger partial charge on any atom is 0.355 e. The molecule has 1 aromatic carbocycles. The summed E-state index contributed by atoms with van der Waals surface area (Å²) < 4.78 is 21.8. The van der Waals surface area contributed by atoms with Crippen molar-refractivity contribution < 1.29 is 62.8 Å². The largest absolute Gasteiger partial charge is 0.504 e. The van der Waals surface area contributed by atoms with Crippen LogP contribution in [-0.2, 0) is 46.6 Å². The quantitative estimate of drug-likeness (QED) is 0.0335. The molecular weight excluding hydrogens is 817 g/mol. The summed E-state index contributed by atoms with van der Waals surface area (Å²) in [6.45, 7) is 3.57. The number of carbonyl (C=O) groups is 5. The van der Waals surface area contributed by atoms with Crippen LogP contribution in [0, 0.1) is 5.82 Å². The van der Waals surface area contributed by atoms with Crippen molar-refractivity contribution in [3.05, 3.63) is 55.2 Å². The number of thioether (sulfide) groups is 1. The number of nitrogens with two attached hydrogens (primary N) is 1. The number of methoxy groups -OCH3 is 1. The van der Waals surface area contributed by atoms with Gasteiger partial charge in [0.05, 0.1) is 43.1 Å². The number of phenols is 2. The monoisotopic (exact) mass is 852 g/mol. The molecule has 2 aromatic heterocycles. The minimum absolute atomic E-state index is 0.0291. The second-order valence-electron chi connectivity index (χ2n) is 13.5. The van der Waals surface area contributed by atoms with Crippen LogP contribution >= 0.6 is 34.7 Å². The molecule has 0 spiro atoms. The molecule has 19 nitrogen and oxygen atoms in total. The summed E-state index contributed by atoms with van der Waals surface area (Å²) in [5, 5.41) is 43.7. The van der Waals surface area contributed by atoms with E-state index in [9.17, 15) is 44.1 Å². The molecule has 0 radical (unpaired) electrons. The van der Waals surface area contributed by atoms with E-state index in [-0.39, 0.29) is 57.1 Å². The fourth-order valence-electron chi connectivity index (χ4n) is 7.26. The molecule has 3 aliphatic rings. The average molecular weight is 853 g/mol. The smallest absolute Gasteiger partial charge is 0.355 e. The van der Waals surface area contributed by atoms with E-state index in [1.165, 1.54) is 27.4 Å². The highest BCUT2D eigenvalue weighted by atomic mass is 35.5. The van der Waals surface area contributed by atoms with Gasteiger partial charge in [-0.1, -0.05) is 28.1 Å². The Hall–Kier alpha value is -5.45. The average Bonchev–Trinajstić information content (AvgIpc) is 3.77. The number of halogens is 2. The van der Waals surface area contributed by atoms with Crippen LogP contribution in [0.2, 0.25) is 4.34 Å². The zero-order valence-electron chi connectivity index (χ0n) is 30.2. The number of hydrogen-bond donors (Lipinski definition) is 6. The van der Waals surface area contributed by atoms with E-state index < -0.39 is 82.1 Å². The van der Waals surface area contributed by atoms with E-state index >= 15 is 4.39 Å². The molecule has 6 rings (SSSR count). The molecule has 2 fully saturated rings. The lowest BCUT2D eigenvalue weighted by atomic mass is 10.0. The van der Waals surface area contributed by atoms with Crippen molar-refractivity contribution >= 4 is 86.2 Å². The number of fused-ring (bicyclic) bond motifs is 2. The molecule has 304 valence electrons. The number of thiazole rings is 1. The SMILES string of the molecule is CCn1cc(C[N+]2(CC3=C(C(=O)OC)N4C(=O)C(NC(=O)C(=NOC(CC(=O)O)C(=O)O)c5nc(N)sc5Cl)C4SC3)CCCC2)c(=O)c2cc(O)c(O)c(F)c21. The molecule has 23 heteroatoms. The maximum absolute atomic E-state index is 15.1. The number of esters is 1. The number of aliphatic carboxylic acids is 2. The van der Waals surface area contributed by atoms with Gasteiger partial charge in [-0.05, 0) is 13.0 Å². The standard InChI is InChI=1S/C34H35ClFN7O12S2/c1-3-41-10-14(26(47)16-8-17(44)27(48)20(36)25(16)41)11-43(6-4-5-7-43)12-15-13-56-31-23(30(50)42(31)24(15)33(53)54-2)38-29(49)22(21-28(35)57-34(37)39-21)40-55-18(32(51)52)9-19(45)46/h8,10,18,23,31H,3-7,9,11-13H2,1-2H3,(H6-,37,38,39,40,44,45,46,47,48,49,51,52)/p+1. The van der Waals surface area contributed by atoms with E-state index in [2.05, 4.69) is 15.5 Å². The number of amides is 2. The summed E-state index contributed by atoms with van der Waals surface area (Å²) >= 11 is 8.21. The fourth-order valence-corrected chi connectivity index (χ4v) is 9.52. The van der Waals surface area contributed by atoms with Gasteiger partial charge in [0.25, 0.3) is 11.8 Å². The third kappa shape index (κ3) is 7.81. The number of rotatable bonds is 14. The van der Waals surface area contributed by atoms with Gasteiger partial charge >= 0.3 is 17.9 Å². The number of aryl methyl sites for hydroxylation is 1. The van der Waals surface area contributed by atoms with Gasteiger partial charge < -0.3 is 50.1 Å². The van der Waals surface area contributed by atoms with E-state index in [0.29, 0.717) is 28.7 Å². The summed E-state index contributed by atoms with van der Waals surface area (Å²) in [6.07, 6.45) is 0.104. The molecular formula is C34H36ClFN7O12S2+. The first-order chi connectivity index (χ1) is 27.0. The summed E-state index contributed by atoms with van der Waals surface area (Å²) in [6, 6.07) is -0.204. The minimum Gasteiger partial charge on any atom is -0.504 e. The predicted octanol–water partition coefficient (Wildman–Crippen LogP) is 1.55. The second-order valence-corrected chi connectivity index (χ2v) is 16.2. The Kier molecular flexibility index (Phi) is 11.7. The Morgan fingerprint density at radius 1 is 1.19 bits per heavy atom. The number of aromatic hydroxyl groups is 2. The molecule has 2 saturated heterocycles. The van der Waals surface area contributed by atoms with Crippen molar-refractivity contribution in [2.24, 2.45) is 5.16 Å². The van der Waals surface area contributed by atoms with Gasteiger partial charge in [-0.25, -0.2) is 19.0 Å². The number of benzene rings is 1. The number of aromatic nitrogens is 2. The van der Waals surface area contributed by atoms with E-state index in [1.807, 2.05) is 0 Å². The van der Waals surface area contributed by atoms with E-state index in [1.54, 1.807) is 6.92 Å².